The molecule has 0 bridgehead atoms. The van der Waals surface area contributed by atoms with Gasteiger partial charge in [0.05, 0.1) is 23.1 Å². The standard InChI is InChI=1S/C21H25F3N4O/c22-21(23,24)17-11-16(4-3-15(17)12-25)28-13-18(19(29)27-9-1-2-10-27)20(14-28)5-7-26-8-6-20/h3-4,11,18,26H,1-2,5-10,13-14H2. The Hall–Kier alpha value is -2.27. The fourth-order valence-electron chi connectivity index (χ4n) is 5.16. The Labute approximate surface area is 168 Å². The number of alkyl halides is 3. The second-order valence-corrected chi connectivity index (χ2v) is 8.42. The van der Waals surface area contributed by atoms with E-state index in [0.717, 1.165) is 57.9 Å². The van der Waals surface area contributed by atoms with Crippen LogP contribution in [0, 0.1) is 22.7 Å². The van der Waals surface area contributed by atoms with Crippen molar-refractivity contribution in [1.82, 2.24) is 10.2 Å². The number of hydrogen-bond donors (Lipinski definition) is 1. The van der Waals surface area contributed by atoms with Crippen LogP contribution < -0.4 is 10.2 Å². The fourth-order valence-corrected chi connectivity index (χ4v) is 5.16. The number of anilines is 1. The third kappa shape index (κ3) is 3.68. The number of benzene rings is 1. The number of halogens is 3. The zero-order chi connectivity index (χ0) is 20.6. The molecule has 1 unspecified atom stereocenters. The number of likely N-dealkylation sites (tertiary alicyclic amines) is 1. The quantitative estimate of drug-likeness (QED) is 0.820. The summed E-state index contributed by atoms with van der Waals surface area (Å²) >= 11 is 0. The monoisotopic (exact) mass is 406 g/mol. The molecule has 1 N–H and O–H groups in total. The molecule has 0 aliphatic carbocycles. The molecule has 156 valence electrons. The van der Waals surface area contributed by atoms with Gasteiger partial charge in [-0.25, -0.2) is 0 Å². The van der Waals surface area contributed by atoms with Crippen LogP contribution in [0.25, 0.3) is 0 Å². The van der Waals surface area contributed by atoms with E-state index in [1.54, 1.807) is 12.1 Å². The molecule has 8 heteroatoms. The van der Waals surface area contributed by atoms with Gasteiger partial charge in [0.25, 0.3) is 0 Å². The lowest BCUT2D eigenvalue weighted by Crippen LogP contribution is -2.47. The summed E-state index contributed by atoms with van der Waals surface area (Å²) < 4.78 is 40.3. The molecule has 4 rings (SSSR count). The molecule has 1 aromatic rings. The van der Waals surface area contributed by atoms with Gasteiger partial charge in [-0.2, -0.15) is 18.4 Å². The highest BCUT2D eigenvalue weighted by Gasteiger charge is 2.51. The average molecular weight is 406 g/mol. The second kappa shape index (κ2) is 7.52. The third-order valence-electron chi connectivity index (χ3n) is 6.76. The van der Waals surface area contributed by atoms with E-state index in [2.05, 4.69) is 5.32 Å². The van der Waals surface area contributed by atoms with Gasteiger partial charge in [0.2, 0.25) is 5.91 Å². The van der Waals surface area contributed by atoms with Crippen molar-refractivity contribution in [2.75, 3.05) is 44.2 Å². The van der Waals surface area contributed by atoms with Gasteiger partial charge in [0.1, 0.15) is 0 Å². The molecule has 1 aromatic carbocycles. The minimum Gasteiger partial charge on any atom is -0.370 e. The SMILES string of the molecule is N#Cc1ccc(N2CC(C(=O)N3CCCC3)C3(CCNCC3)C2)cc1C(F)(F)F. The van der Waals surface area contributed by atoms with Crippen LogP contribution in [-0.4, -0.2) is 50.1 Å². The number of carbonyl (C=O) groups excluding carboxylic acids is 1. The predicted molar refractivity (Wildman–Crippen MR) is 102 cm³/mol. The molecule has 0 saturated carbocycles. The highest BCUT2D eigenvalue weighted by atomic mass is 19.4. The maximum Gasteiger partial charge on any atom is 0.417 e. The summed E-state index contributed by atoms with van der Waals surface area (Å²) in [6.45, 7) is 4.19. The van der Waals surface area contributed by atoms with E-state index >= 15 is 0 Å². The maximum absolute atomic E-state index is 13.4. The Kier molecular flexibility index (Phi) is 5.19. The first-order valence-corrected chi connectivity index (χ1v) is 10.2. The highest BCUT2D eigenvalue weighted by Crippen LogP contribution is 2.46. The number of nitrogens with zero attached hydrogens (tertiary/aromatic N) is 3. The first-order valence-electron chi connectivity index (χ1n) is 10.2. The van der Waals surface area contributed by atoms with Gasteiger partial charge < -0.3 is 15.1 Å². The van der Waals surface area contributed by atoms with Crippen LogP contribution in [0.1, 0.15) is 36.8 Å². The minimum absolute atomic E-state index is 0.150. The first kappa shape index (κ1) is 20.0. The molecule has 1 spiro atoms. The van der Waals surface area contributed by atoms with E-state index < -0.39 is 11.7 Å². The van der Waals surface area contributed by atoms with Gasteiger partial charge >= 0.3 is 6.18 Å². The van der Waals surface area contributed by atoms with Crippen LogP contribution in [-0.2, 0) is 11.0 Å². The van der Waals surface area contributed by atoms with Crippen molar-refractivity contribution in [1.29, 1.82) is 5.26 Å². The van der Waals surface area contributed by atoms with Crippen LogP contribution in [0.3, 0.4) is 0 Å². The van der Waals surface area contributed by atoms with Crippen LogP contribution in [0.2, 0.25) is 0 Å². The van der Waals surface area contributed by atoms with Gasteiger partial charge in [0.15, 0.2) is 0 Å². The molecule has 3 fully saturated rings. The molecule has 3 saturated heterocycles. The lowest BCUT2D eigenvalue weighted by Gasteiger charge is -2.39. The van der Waals surface area contributed by atoms with E-state index in [0.29, 0.717) is 18.8 Å². The zero-order valence-electron chi connectivity index (χ0n) is 16.3. The van der Waals surface area contributed by atoms with Gasteiger partial charge in [-0.1, -0.05) is 0 Å². The average Bonchev–Trinajstić information content (AvgIpc) is 3.36. The van der Waals surface area contributed by atoms with Crippen LogP contribution >= 0.6 is 0 Å². The summed E-state index contributed by atoms with van der Waals surface area (Å²) in [6, 6.07) is 5.51. The number of amides is 1. The molecule has 3 heterocycles. The van der Waals surface area contributed by atoms with Crippen molar-refractivity contribution in [2.45, 2.75) is 31.9 Å². The Balaban J connectivity index is 1.66. The zero-order valence-corrected chi connectivity index (χ0v) is 16.3. The summed E-state index contributed by atoms with van der Waals surface area (Å²) in [4.78, 5) is 17.1. The van der Waals surface area contributed by atoms with E-state index in [4.69, 9.17) is 5.26 Å². The van der Waals surface area contributed by atoms with E-state index in [-0.39, 0.29) is 22.8 Å². The number of hydrogen-bond acceptors (Lipinski definition) is 4. The molecule has 29 heavy (non-hydrogen) atoms. The normalized spacial score (nSPS) is 24.1. The van der Waals surface area contributed by atoms with E-state index in [1.807, 2.05) is 9.80 Å². The van der Waals surface area contributed by atoms with Gasteiger partial charge in [0, 0.05) is 37.3 Å². The lowest BCUT2D eigenvalue weighted by atomic mass is 9.70. The second-order valence-electron chi connectivity index (χ2n) is 8.42. The largest absolute Gasteiger partial charge is 0.417 e. The summed E-state index contributed by atoms with van der Waals surface area (Å²) in [5.41, 5.74) is -1.06. The summed E-state index contributed by atoms with van der Waals surface area (Å²) in [7, 11) is 0. The fraction of sp³-hybridized carbons (Fsp3) is 0.619. The molecular formula is C21H25F3N4O. The summed E-state index contributed by atoms with van der Waals surface area (Å²) in [5.74, 6) is -0.0516. The van der Waals surface area contributed by atoms with Crippen LogP contribution in [0.5, 0.6) is 0 Å². The molecule has 0 radical (unpaired) electrons. The molecule has 5 nitrogen and oxygen atoms in total. The van der Waals surface area contributed by atoms with Crippen LogP contribution in [0.15, 0.2) is 18.2 Å². The number of carbonyl (C=O) groups is 1. The Bertz CT molecular complexity index is 820. The van der Waals surface area contributed by atoms with Crippen molar-refractivity contribution < 1.29 is 18.0 Å². The van der Waals surface area contributed by atoms with Crippen LogP contribution in [0.4, 0.5) is 18.9 Å². The van der Waals surface area contributed by atoms with Gasteiger partial charge in [-0.15, -0.1) is 0 Å². The van der Waals surface area contributed by atoms with Crippen molar-refractivity contribution in [2.24, 2.45) is 11.3 Å². The maximum atomic E-state index is 13.4. The summed E-state index contributed by atoms with van der Waals surface area (Å²) in [6.07, 6.45) is -0.868. The van der Waals surface area contributed by atoms with E-state index in [9.17, 15) is 18.0 Å². The van der Waals surface area contributed by atoms with Crippen molar-refractivity contribution in [3.05, 3.63) is 29.3 Å². The molecule has 1 atom stereocenters. The third-order valence-corrected chi connectivity index (χ3v) is 6.76. The molecule has 3 aliphatic rings. The van der Waals surface area contributed by atoms with Gasteiger partial charge in [-0.05, 0) is 57.0 Å². The van der Waals surface area contributed by atoms with Crippen molar-refractivity contribution in [3.63, 3.8) is 0 Å². The number of piperidine rings is 1. The van der Waals surface area contributed by atoms with E-state index in [1.165, 1.54) is 6.07 Å². The smallest absolute Gasteiger partial charge is 0.370 e. The molecular weight excluding hydrogens is 381 g/mol. The number of rotatable bonds is 2. The summed E-state index contributed by atoms with van der Waals surface area (Å²) in [5, 5.41) is 12.4. The van der Waals surface area contributed by atoms with Gasteiger partial charge in [-0.3, -0.25) is 4.79 Å². The number of nitrogens with one attached hydrogen (secondary N) is 1. The van der Waals surface area contributed by atoms with Crippen molar-refractivity contribution >= 4 is 11.6 Å². The van der Waals surface area contributed by atoms with Crippen molar-refractivity contribution in [3.8, 4) is 6.07 Å². The molecule has 0 aromatic heterocycles. The topological polar surface area (TPSA) is 59.4 Å². The Morgan fingerprint density at radius 1 is 1.21 bits per heavy atom. The Morgan fingerprint density at radius 3 is 2.52 bits per heavy atom. The Morgan fingerprint density at radius 2 is 1.90 bits per heavy atom. The highest BCUT2D eigenvalue weighted by molar-refractivity contribution is 5.82. The first-order chi connectivity index (χ1) is 13.8. The minimum atomic E-state index is -4.59. The molecule has 3 aliphatic heterocycles. The molecule has 1 amide bonds. The lowest BCUT2D eigenvalue weighted by molar-refractivity contribution is -0.138. The number of nitriles is 1. The predicted octanol–water partition coefficient (Wildman–Crippen LogP) is 3.01.